The molecule has 3 rings (SSSR count). The van der Waals surface area contributed by atoms with Crippen LogP contribution in [0.25, 0.3) is 10.9 Å². The lowest BCUT2D eigenvalue weighted by Gasteiger charge is -2.07. The second-order valence-electron chi connectivity index (χ2n) is 5.32. The Balaban J connectivity index is 2.23. The number of carbonyl (C=O) groups is 1. The maximum Gasteiger partial charge on any atom is 0.268 e. The van der Waals surface area contributed by atoms with Crippen LogP contribution in [-0.2, 0) is 21.2 Å². The number of aromatic nitrogens is 1. The molecule has 0 spiro atoms. The first-order chi connectivity index (χ1) is 10.9. The van der Waals surface area contributed by atoms with Crippen molar-refractivity contribution in [2.24, 2.45) is 0 Å². The molecule has 0 N–H and O–H groups in total. The van der Waals surface area contributed by atoms with Gasteiger partial charge in [0.25, 0.3) is 10.0 Å². The standard InChI is InChI=1S/C17H14ClNO3S/c1-12-6-8-14(9-7-12)23(21,22)19-11-13(10-17(18)20)15-4-2-3-5-16(15)19/h2-9,11H,10H2,1H3. The van der Waals surface area contributed by atoms with E-state index in [-0.39, 0.29) is 11.3 Å². The van der Waals surface area contributed by atoms with Crippen LogP contribution >= 0.6 is 11.6 Å². The van der Waals surface area contributed by atoms with Gasteiger partial charge in [-0.1, -0.05) is 35.9 Å². The summed E-state index contributed by atoms with van der Waals surface area (Å²) in [5.74, 6) is 0. The molecule has 1 aromatic heterocycles. The van der Waals surface area contributed by atoms with Crippen LogP contribution in [0.3, 0.4) is 0 Å². The summed E-state index contributed by atoms with van der Waals surface area (Å²) < 4.78 is 27.0. The highest BCUT2D eigenvalue weighted by atomic mass is 35.5. The highest BCUT2D eigenvalue weighted by Gasteiger charge is 2.21. The molecule has 0 aliphatic heterocycles. The lowest BCUT2D eigenvalue weighted by molar-refractivity contribution is -0.111. The summed E-state index contributed by atoms with van der Waals surface area (Å²) in [6.45, 7) is 1.89. The Hall–Kier alpha value is -2.11. The third-order valence-electron chi connectivity index (χ3n) is 3.67. The van der Waals surface area contributed by atoms with Gasteiger partial charge in [0, 0.05) is 18.0 Å². The van der Waals surface area contributed by atoms with Crippen molar-refractivity contribution in [3.63, 3.8) is 0 Å². The van der Waals surface area contributed by atoms with Crippen LogP contribution in [0.15, 0.2) is 59.6 Å². The van der Waals surface area contributed by atoms with Gasteiger partial charge in [-0.25, -0.2) is 12.4 Å². The number of aryl methyl sites for hydroxylation is 1. The Morgan fingerprint density at radius 1 is 1.09 bits per heavy atom. The fourth-order valence-electron chi connectivity index (χ4n) is 2.53. The molecule has 0 aliphatic rings. The SMILES string of the molecule is Cc1ccc(S(=O)(=O)n2cc(CC(=O)Cl)c3ccccc32)cc1. The van der Waals surface area contributed by atoms with Gasteiger partial charge in [-0.05, 0) is 42.3 Å². The maximum absolute atomic E-state index is 12.9. The summed E-state index contributed by atoms with van der Waals surface area (Å²) in [6.07, 6.45) is 1.46. The molecule has 0 radical (unpaired) electrons. The zero-order valence-electron chi connectivity index (χ0n) is 12.4. The van der Waals surface area contributed by atoms with E-state index in [1.165, 1.54) is 10.2 Å². The summed E-state index contributed by atoms with van der Waals surface area (Å²) >= 11 is 5.47. The summed E-state index contributed by atoms with van der Waals surface area (Å²) in [6, 6.07) is 13.7. The first-order valence-electron chi connectivity index (χ1n) is 6.99. The van der Waals surface area contributed by atoms with Gasteiger partial charge in [0.2, 0.25) is 5.24 Å². The van der Waals surface area contributed by atoms with Gasteiger partial charge < -0.3 is 0 Å². The van der Waals surface area contributed by atoms with Gasteiger partial charge in [0.15, 0.2) is 0 Å². The second kappa shape index (κ2) is 5.83. The Morgan fingerprint density at radius 3 is 2.39 bits per heavy atom. The largest absolute Gasteiger partial charge is 0.281 e. The first kappa shape index (κ1) is 15.8. The normalized spacial score (nSPS) is 11.7. The lowest BCUT2D eigenvalue weighted by atomic mass is 10.1. The third kappa shape index (κ3) is 2.90. The van der Waals surface area contributed by atoms with E-state index in [4.69, 9.17) is 11.6 Å². The number of carbonyl (C=O) groups excluding carboxylic acids is 1. The van der Waals surface area contributed by atoms with Gasteiger partial charge >= 0.3 is 0 Å². The van der Waals surface area contributed by atoms with E-state index in [2.05, 4.69) is 0 Å². The minimum atomic E-state index is -3.74. The van der Waals surface area contributed by atoms with Crippen molar-refractivity contribution in [1.82, 2.24) is 3.97 Å². The molecule has 23 heavy (non-hydrogen) atoms. The molecule has 0 saturated heterocycles. The number of hydrogen-bond acceptors (Lipinski definition) is 3. The minimum absolute atomic E-state index is 0.0154. The average Bonchev–Trinajstić information content (AvgIpc) is 2.87. The van der Waals surface area contributed by atoms with Crippen molar-refractivity contribution >= 4 is 37.8 Å². The van der Waals surface area contributed by atoms with Gasteiger partial charge in [-0.15, -0.1) is 0 Å². The fraction of sp³-hybridized carbons (Fsp3) is 0.118. The molecule has 118 valence electrons. The third-order valence-corrected chi connectivity index (χ3v) is 5.49. The van der Waals surface area contributed by atoms with E-state index in [1.54, 1.807) is 48.5 Å². The molecule has 0 bridgehead atoms. The molecule has 0 atom stereocenters. The molecule has 0 saturated carbocycles. The van der Waals surface area contributed by atoms with Crippen LogP contribution in [0.1, 0.15) is 11.1 Å². The van der Waals surface area contributed by atoms with Gasteiger partial charge in [-0.3, -0.25) is 4.79 Å². The van der Waals surface area contributed by atoms with Gasteiger partial charge in [0.1, 0.15) is 0 Å². The summed E-state index contributed by atoms with van der Waals surface area (Å²) in [4.78, 5) is 11.4. The Kier molecular flexibility index (Phi) is 4.00. The molecular weight excluding hydrogens is 334 g/mol. The molecule has 0 amide bonds. The van der Waals surface area contributed by atoms with Crippen LogP contribution in [0, 0.1) is 6.92 Å². The molecule has 3 aromatic rings. The Morgan fingerprint density at radius 2 is 1.74 bits per heavy atom. The van der Waals surface area contributed by atoms with Crippen LogP contribution in [0.5, 0.6) is 0 Å². The zero-order valence-corrected chi connectivity index (χ0v) is 13.9. The van der Waals surface area contributed by atoms with Crippen LogP contribution in [0.4, 0.5) is 0 Å². The van der Waals surface area contributed by atoms with Gasteiger partial charge in [-0.2, -0.15) is 0 Å². The van der Waals surface area contributed by atoms with E-state index < -0.39 is 15.3 Å². The van der Waals surface area contributed by atoms with E-state index in [0.717, 1.165) is 5.56 Å². The quantitative estimate of drug-likeness (QED) is 0.679. The topological polar surface area (TPSA) is 56.1 Å². The minimum Gasteiger partial charge on any atom is -0.281 e. The number of fused-ring (bicyclic) bond motifs is 1. The molecule has 1 heterocycles. The molecule has 2 aromatic carbocycles. The fourth-order valence-corrected chi connectivity index (χ4v) is 4.07. The highest BCUT2D eigenvalue weighted by Crippen LogP contribution is 2.26. The lowest BCUT2D eigenvalue weighted by Crippen LogP contribution is -2.11. The summed E-state index contributed by atoms with van der Waals surface area (Å²) in [7, 11) is -3.74. The van der Waals surface area contributed by atoms with E-state index in [1.807, 2.05) is 6.92 Å². The number of benzene rings is 2. The number of halogens is 1. The van der Waals surface area contributed by atoms with Crippen molar-refractivity contribution in [3.8, 4) is 0 Å². The summed E-state index contributed by atoms with van der Waals surface area (Å²) in [5.41, 5.74) is 2.10. The Bertz CT molecular complexity index is 988. The molecule has 6 heteroatoms. The zero-order chi connectivity index (χ0) is 16.6. The molecule has 4 nitrogen and oxygen atoms in total. The van der Waals surface area contributed by atoms with Crippen molar-refractivity contribution < 1.29 is 13.2 Å². The van der Waals surface area contributed by atoms with E-state index in [9.17, 15) is 13.2 Å². The number of rotatable bonds is 4. The van der Waals surface area contributed by atoms with E-state index in [0.29, 0.717) is 16.5 Å². The summed E-state index contributed by atoms with van der Waals surface area (Å²) in [5, 5.41) is 0.179. The molecule has 0 fully saturated rings. The van der Waals surface area contributed by atoms with Crippen LogP contribution < -0.4 is 0 Å². The van der Waals surface area contributed by atoms with Crippen LogP contribution in [0.2, 0.25) is 0 Å². The number of hydrogen-bond donors (Lipinski definition) is 0. The van der Waals surface area contributed by atoms with Gasteiger partial charge in [0.05, 0.1) is 10.4 Å². The molecule has 0 unspecified atom stereocenters. The average molecular weight is 348 g/mol. The van der Waals surface area contributed by atoms with E-state index >= 15 is 0 Å². The van der Waals surface area contributed by atoms with Crippen molar-refractivity contribution in [2.45, 2.75) is 18.2 Å². The molecular formula is C17H14ClNO3S. The highest BCUT2D eigenvalue weighted by molar-refractivity contribution is 7.90. The number of para-hydroxylation sites is 1. The van der Waals surface area contributed by atoms with Crippen molar-refractivity contribution in [3.05, 3.63) is 65.9 Å². The second-order valence-corrected chi connectivity index (χ2v) is 7.55. The smallest absolute Gasteiger partial charge is 0.268 e. The first-order valence-corrected chi connectivity index (χ1v) is 8.81. The van der Waals surface area contributed by atoms with Crippen molar-refractivity contribution in [1.29, 1.82) is 0 Å². The monoisotopic (exact) mass is 347 g/mol. The predicted molar refractivity (Wildman–Crippen MR) is 90.3 cm³/mol. The maximum atomic E-state index is 12.9. The molecule has 0 aliphatic carbocycles. The Labute approximate surface area is 139 Å². The predicted octanol–water partition coefficient (Wildman–Crippen LogP) is 3.49. The van der Waals surface area contributed by atoms with Crippen LogP contribution in [-0.4, -0.2) is 17.6 Å². The number of nitrogens with zero attached hydrogens (tertiary/aromatic N) is 1. The van der Waals surface area contributed by atoms with Crippen molar-refractivity contribution in [2.75, 3.05) is 0 Å².